The van der Waals surface area contributed by atoms with E-state index < -0.39 is 21.9 Å². The maximum atomic E-state index is 12.8. The number of hydrogen-bond acceptors (Lipinski definition) is 4. The van der Waals surface area contributed by atoms with Gasteiger partial charge in [0.2, 0.25) is 10.0 Å². The van der Waals surface area contributed by atoms with E-state index in [0.717, 1.165) is 12.8 Å². The minimum Gasteiger partial charge on any atom is -0.481 e. The lowest BCUT2D eigenvalue weighted by Crippen LogP contribution is -2.40. The summed E-state index contributed by atoms with van der Waals surface area (Å²) in [4.78, 5) is 25.5. The average molecular weight is 394 g/mol. The number of piperidine rings is 2. The van der Waals surface area contributed by atoms with Crippen LogP contribution in [0.1, 0.15) is 43.0 Å². The first kappa shape index (κ1) is 19.8. The molecule has 2 aliphatic rings. The van der Waals surface area contributed by atoms with Crippen molar-refractivity contribution in [3.8, 4) is 0 Å². The molecule has 1 atom stereocenters. The second-order valence-corrected chi connectivity index (χ2v) is 9.48. The van der Waals surface area contributed by atoms with Gasteiger partial charge in [0.05, 0.1) is 10.8 Å². The summed E-state index contributed by atoms with van der Waals surface area (Å²) in [5, 5.41) is 9.05. The molecule has 0 bridgehead atoms. The van der Waals surface area contributed by atoms with Gasteiger partial charge < -0.3 is 10.0 Å². The predicted molar refractivity (Wildman–Crippen MR) is 99.9 cm³/mol. The van der Waals surface area contributed by atoms with Gasteiger partial charge >= 0.3 is 5.97 Å². The molecule has 2 aliphatic heterocycles. The maximum Gasteiger partial charge on any atom is 0.306 e. The Balaban J connectivity index is 1.68. The Hall–Kier alpha value is -1.93. The highest BCUT2D eigenvalue weighted by atomic mass is 32.2. The highest BCUT2D eigenvalue weighted by Gasteiger charge is 2.30. The number of rotatable bonds is 4. The normalized spacial score (nSPS) is 22.6. The molecule has 2 heterocycles. The summed E-state index contributed by atoms with van der Waals surface area (Å²) in [6.45, 7) is 3.92. The third-order valence-corrected chi connectivity index (χ3v) is 7.37. The van der Waals surface area contributed by atoms with Crippen molar-refractivity contribution in [3.63, 3.8) is 0 Å². The second-order valence-electron chi connectivity index (χ2n) is 7.54. The molecule has 27 heavy (non-hydrogen) atoms. The molecule has 0 radical (unpaired) electrons. The molecule has 3 rings (SSSR count). The molecular weight excluding hydrogens is 368 g/mol. The first-order valence-electron chi connectivity index (χ1n) is 9.41. The van der Waals surface area contributed by atoms with Gasteiger partial charge in [-0.05, 0) is 55.9 Å². The van der Waals surface area contributed by atoms with Crippen molar-refractivity contribution in [2.24, 2.45) is 11.8 Å². The Labute approximate surface area is 160 Å². The number of carboxylic acid groups (broad SMARTS) is 1. The summed E-state index contributed by atoms with van der Waals surface area (Å²) in [7, 11) is -3.54. The Morgan fingerprint density at radius 3 is 2.22 bits per heavy atom. The van der Waals surface area contributed by atoms with E-state index in [4.69, 9.17) is 5.11 Å². The van der Waals surface area contributed by atoms with Gasteiger partial charge in [-0.1, -0.05) is 6.92 Å². The van der Waals surface area contributed by atoms with E-state index in [0.29, 0.717) is 50.5 Å². The van der Waals surface area contributed by atoms with E-state index >= 15 is 0 Å². The minimum atomic E-state index is -3.54. The number of sulfonamides is 1. The summed E-state index contributed by atoms with van der Waals surface area (Å²) in [6, 6.07) is 6.08. The molecule has 148 valence electrons. The quantitative estimate of drug-likeness (QED) is 0.843. The number of carbonyl (C=O) groups is 2. The molecule has 0 spiro atoms. The van der Waals surface area contributed by atoms with Gasteiger partial charge in [0.15, 0.2) is 0 Å². The SMILES string of the molecule is CC1CCCN(S(=O)(=O)c2ccc(C(=O)N3CCC(C(=O)O)CC3)cc2)C1. The fourth-order valence-electron chi connectivity index (χ4n) is 3.80. The van der Waals surface area contributed by atoms with Crippen LogP contribution >= 0.6 is 0 Å². The van der Waals surface area contributed by atoms with Crippen LogP contribution in [0, 0.1) is 11.8 Å². The number of carboxylic acids is 1. The lowest BCUT2D eigenvalue weighted by molar-refractivity contribution is -0.143. The van der Waals surface area contributed by atoms with Crippen molar-refractivity contribution in [3.05, 3.63) is 29.8 Å². The third-order valence-electron chi connectivity index (χ3n) is 5.49. The lowest BCUT2D eigenvalue weighted by atomic mass is 9.96. The van der Waals surface area contributed by atoms with Crippen molar-refractivity contribution in [1.29, 1.82) is 0 Å². The van der Waals surface area contributed by atoms with Crippen LogP contribution < -0.4 is 0 Å². The molecule has 0 saturated carbocycles. The molecule has 1 amide bonds. The minimum absolute atomic E-state index is 0.186. The van der Waals surface area contributed by atoms with Gasteiger partial charge in [-0.2, -0.15) is 4.31 Å². The molecule has 8 heteroatoms. The second kappa shape index (κ2) is 7.98. The van der Waals surface area contributed by atoms with Crippen LogP contribution in [0.4, 0.5) is 0 Å². The first-order chi connectivity index (χ1) is 12.8. The van der Waals surface area contributed by atoms with Crippen LogP contribution in [-0.4, -0.2) is 60.8 Å². The number of nitrogens with zero attached hydrogens (tertiary/aromatic N) is 2. The molecule has 1 N–H and O–H groups in total. The number of aliphatic carboxylic acids is 1. The predicted octanol–water partition coefficient (Wildman–Crippen LogP) is 2.04. The number of carbonyl (C=O) groups excluding carboxylic acids is 1. The van der Waals surface area contributed by atoms with Crippen molar-refractivity contribution in [2.45, 2.75) is 37.5 Å². The summed E-state index contributed by atoms with van der Waals surface area (Å²) >= 11 is 0. The van der Waals surface area contributed by atoms with Crippen LogP contribution in [0.5, 0.6) is 0 Å². The zero-order valence-electron chi connectivity index (χ0n) is 15.5. The van der Waals surface area contributed by atoms with Crippen molar-refractivity contribution in [1.82, 2.24) is 9.21 Å². The maximum absolute atomic E-state index is 12.8. The lowest BCUT2D eigenvalue weighted by Gasteiger charge is -2.31. The zero-order chi connectivity index (χ0) is 19.6. The van der Waals surface area contributed by atoms with Crippen molar-refractivity contribution in [2.75, 3.05) is 26.2 Å². The van der Waals surface area contributed by atoms with Crippen LogP contribution in [0.3, 0.4) is 0 Å². The Morgan fingerprint density at radius 2 is 1.67 bits per heavy atom. The Morgan fingerprint density at radius 1 is 1.04 bits per heavy atom. The van der Waals surface area contributed by atoms with Crippen LogP contribution in [0.2, 0.25) is 0 Å². The van der Waals surface area contributed by atoms with Gasteiger partial charge in [0.1, 0.15) is 0 Å². The fourth-order valence-corrected chi connectivity index (χ4v) is 5.39. The monoisotopic (exact) mass is 394 g/mol. The Bertz CT molecular complexity index is 798. The summed E-state index contributed by atoms with van der Waals surface area (Å²) in [5.74, 6) is -1.05. The summed E-state index contributed by atoms with van der Waals surface area (Å²) in [5.41, 5.74) is 0.426. The number of hydrogen-bond donors (Lipinski definition) is 1. The van der Waals surface area contributed by atoms with Crippen LogP contribution in [0.25, 0.3) is 0 Å². The molecule has 0 aliphatic carbocycles. The molecule has 1 aromatic rings. The molecule has 1 unspecified atom stereocenters. The molecule has 1 aromatic carbocycles. The molecule has 2 saturated heterocycles. The van der Waals surface area contributed by atoms with Crippen molar-refractivity contribution < 1.29 is 23.1 Å². The van der Waals surface area contributed by atoms with E-state index in [9.17, 15) is 18.0 Å². The zero-order valence-corrected chi connectivity index (χ0v) is 16.3. The smallest absolute Gasteiger partial charge is 0.306 e. The third kappa shape index (κ3) is 4.32. The van der Waals surface area contributed by atoms with E-state index in [-0.39, 0.29) is 10.8 Å². The van der Waals surface area contributed by atoms with Crippen LogP contribution in [-0.2, 0) is 14.8 Å². The first-order valence-corrected chi connectivity index (χ1v) is 10.9. The standard InChI is InChI=1S/C19H26N2O5S/c1-14-3-2-10-21(13-14)27(25,26)17-6-4-15(5-7-17)18(22)20-11-8-16(9-12-20)19(23)24/h4-7,14,16H,2-3,8-13H2,1H3,(H,23,24). The van der Waals surface area contributed by atoms with Crippen LogP contribution in [0.15, 0.2) is 29.2 Å². The average Bonchev–Trinajstić information content (AvgIpc) is 2.67. The summed E-state index contributed by atoms with van der Waals surface area (Å²) in [6.07, 6.45) is 2.79. The number of benzene rings is 1. The van der Waals surface area contributed by atoms with Gasteiger partial charge in [0.25, 0.3) is 5.91 Å². The van der Waals surface area contributed by atoms with Gasteiger partial charge in [-0.3, -0.25) is 9.59 Å². The largest absolute Gasteiger partial charge is 0.481 e. The molecule has 7 nitrogen and oxygen atoms in total. The van der Waals surface area contributed by atoms with Gasteiger partial charge in [0, 0.05) is 31.7 Å². The van der Waals surface area contributed by atoms with E-state index in [1.165, 1.54) is 16.4 Å². The van der Waals surface area contributed by atoms with Gasteiger partial charge in [-0.25, -0.2) is 8.42 Å². The van der Waals surface area contributed by atoms with E-state index in [2.05, 4.69) is 6.92 Å². The summed E-state index contributed by atoms with van der Waals surface area (Å²) < 4.78 is 27.1. The molecule has 2 fully saturated rings. The van der Waals surface area contributed by atoms with E-state index in [1.54, 1.807) is 17.0 Å². The fraction of sp³-hybridized carbons (Fsp3) is 0.579. The van der Waals surface area contributed by atoms with Crippen molar-refractivity contribution >= 4 is 21.9 Å². The van der Waals surface area contributed by atoms with Gasteiger partial charge in [-0.15, -0.1) is 0 Å². The topological polar surface area (TPSA) is 95.0 Å². The molecular formula is C19H26N2O5S. The van der Waals surface area contributed by atoms with E-state index in [1.807, 2.05) is 0 Å². The molecule has 0 aromatic heterocycles. The highest BCUT2D eigenvalue weighted by Crippen LogP contribution is 2.24. The Kier molecular flexibility index (Phi) is 5.86. The number of likely N-dealkylation sites (tertiary alicyclic amines) is 1. The number of amides is 1. The highest BCUT2D eigenvalue weighted by molar-refractivity contribution is 7.89.